The zero-order valence-corrected chi connectivity index (χ0v) is 9.51. The highest BCUT2D eigenvalue weighted by atomic mass is 16.3. The molecule has 0 aliphatic carbocycles. The largest absolute Gasteiger partial charge is 0.379 e. The molecule has 2 rings (SSSR count). The van der Waals surface area contributed by atoms with E-state index in [2.05, 4.69) is 4.98 Å². The summed E-state index contributed by atoms with van der Waals surface area (Å²) in [5.41, 5.74) is 1.67. The number of hydrogen-bond donors (Lipinski definition) is 1. The van der Waals surface area contributed by atoms with Gasteiger partial charge in [0.25, 0.3) is 0 Å². The van der Waals surface area contributed by atoms with Crippen LogP contribution in [-0.2, 0) is 5.60 Å². The number of aryl methyl sites for hydroxylation is 1. The third kappa shape index (κ3) is 1.97. The molecule has 0 saturated heterocycles. The lowest BCUT2D eigenvalue weighted by Gasteiger charge is -2.23. The smallest absolute Gasteiger partial charge is 0.129 e. The maximum Gasteiger partial charge on any atom is 0.129 e. The number of nitrogens with zero attached hydrogens (tertiary/aromatic N) is 1. The van der Waals surface area contributed by atoms with Gasteiger partial charge >= 0.3 is 0 Å². The molecular formula is C14H15NO. The first-order valence-electron chi connectivity index (χ1n) is 5.32. The predicted octanol–water partition coefficient (Wildman–Crippen LogP) is 2.65. The van der Waals surface area contributed by atoms with E-state index in [1.54, 1.807) is 13.1 Å². The fourth-order valence-electron chi connectivity index (χ4n) is 1.68. The van der Waals surface area contributed by atoms with Gasteiger partial charge in [-0.1, -0.05) is 35.9 Å². The molecule has 1 heterocycles. The number of aromatic nitrogens is 1. The van der Waals surface area contributed by atoms with Gasteiger partial charge < -0.3 is 5.11 Å². The van der Waals surface area contributed by atoms with Gasteiger partial charge in [0.15, 0.2) is 0 Å². The molecule has 1 unspecified atom stereocenters. The minimum atomic E-state index is -1.03. The zero-order chi connectivity index (χ0) is 11.6. The molecule has 0 aliphatic heterocycles. The van der Waals surface area contributed by atoms with Crippen molar-refractivity contribution >= 4 is 0 Å². The van der Waals surface area contributed by atoms with Gasteiger partial charge in [-0.05, 0) is 31.5 Å². The van der Waals surface area contributed by atoms with Crippen molar-refractivity contribution in [3.63, 3.8) is 0 Å². The van der Waals surface area contributed by atoms with Crippen LogP contribution in [0.25, 0.3) is 0 Å². The third-order valence-electron chi connectivity index (χ3n) is 2.78. The van der Waals surface area contributed by atoms with Gasteiger partial charge in [-0.15, -0.1) is 0 Å². The van der Waals surface area contributed by atoms with Gasteiger partial charge in [-0.3, -0.25) is 4.98 Å². The Morgan fingerprint density at radius 1 is 1.06 bits per heavy atom. The number of hydrogen-bond acceptors (Lipinski definition) is 2. The summed E-state index contributed by atoms with van der Waals surface area (Å²) < 4.78 is 0. The van der Waals surface area contributed by atoms with Gasteiger partial charge in [-0.25, -0.2) is 0 Å². The lowest BCUT2D eigenvalue weighted by Crippen LogP contribution is -2.23. The average Bonchev–Trinajstić information content (AvgIpc) is 2.31. The molecule has 0 radical (unpaired) electrons. The summed E-state index contributed by atoms with van der Waals surface area (Å²) in [6, 6.07) is 13.4. The van der Waals surface area contributed by atoms with Crippen LogP contribution in [0.2, 0.25) is 0 Å². The van der Waals surface area contributed by atoms with Crippen molar-refractivity contribution in [2.24, 2.45) is 0 Å². The summed E-state index contributed by atoms with van der Waals surface area (Å²) >= 11 is 0. The van der Waals surface area contributed by atoms with E-state index in [9.17, 15) is 5.11 Å². The Bertz CT molecular complexity index is 460. The monoisotopic (exact) mass is 213 g/mol. The molecule has 2 aromatic rings. The van der Waals surface area contributed by atoms with E-state index < -0.39 is 5.60 Å². The summed E-state index contributed by atoms with van der Waals surface area (Å²) in [6.07, 6.45) is 1.69. The normalized spacial score (nSPS) is 14.4. The summed E-state index contributed by atoms with van der Waals surface area (Å²) in [5, 5.41) is 10.5. The molecule has 82 valence electrons. The molecule has 0 bridgehead atoms. The molecule has 0 aliphatic rings. The summed E-state index contributed by atoms with van der Waals surface area (Å²) in [6.45, 7) is 3.79. The SMILES string of the molecule is Cc1ccc(C(C)(O)c2ccccn2)cc1. The van der Waals surface area contributed by atoms with E-state index >= 15 is 0 Å². The standard InChI is InChI=1S/C14H15NO/c1-11-6-8-12(9-7-11)14(2,16)13-5-3-4-10-15-13/h3-10,16H,1-2H3. The van der Waals surface area contributed by atoms with Crippen molar-refractivity contribution in [1.82, 2.24) is 4.98 Å². The number of pyridine rings is 1. The van der Waals surface area contributed by atoms with Crippen LogP contribution < -0.4 is 0 Å². The van der Waals surface area contributed by atoms with Crippen LogP contribution in [0.1, 0.15) is 23.7 Å². The molecule has 0 spiro atoms. The molecule has 2 nitrogen and oxygen atoms in total. The van der Waals surface area contributed by atoms with Crippen LogP contribution in [0.4, 0.5) is 0 Å². The van der Waals surface area contributed by atoms with Crippen LogP contribution in [0.15, 0.2) is 48.7 Å². The highest BCUT2D eigenvalue weighted by molar-refractivity contribution is 5.32. The minimum absolute atomic E-state index is 0.666. The first-order chi connectivity index (χ1) is 7.60. The van der Waals surface area contributed by atoms with Gasteiger partial charge in [0, 0.05) is 6.20 Å². The molecule has 0 saturated carbocycles. The Hall–Kier alpha value is -1.67. The van der Waals surface area contributed by atoms with Crippen LogP contribution in [0.3, 0.4) is 0 Å². The first kappa shape index (κ1) is 10.8. The summed E-state index contributed by atoms with van der Waals surface area (Å²) in [4.78, 5) is 4.20. The Labute approximate surface area is 95.6 Å². The second kappa shape index (κ2) is 4.06. The Morgan fingerprint density at radius 2 is 1.75 bits per heavy atom. The maximum absolute atomic E-state index is 10.5. The van der Waals surface area contributed by atoms with Gasteiger partial charge in [0.1, 0.15) is 5.60 Å². The van der Waals surface area contributed by atoms with E-state index in [1.165, 1.54) is 5.56 Å². The first-order valence-corrected chi connectivity index (χ1v) is 5.32. The van der Waals surface area contributed by atoms with Crippen molar-refractivity contribution in [2.75, 3.05) is 0 Å². The zero-order valence-electron chi connectivity index (χ0n) is 9.51. The van der Waals surface area contributed by atoms with Crippen LogP contribution in [0, 0.1) is 6.92 Å². The number of rotatable bonds is 2. The van der Waals surface area contributed by atoms with E-state index in [0.29, 0.717) is 5.69 Å². The Morgan fingerprint density at radius 3 is 2.31 bits per heavy atom. The van der Waals surface area contributed by atoms with Gasteiger partial charge in [-0.2, -0.15) is 0 Å². The third-order valence-corrected chi connectivity index (χ3v) is 2.78. The van der Waals surface area contributed by atoms with Crippen LogP contribution >= 0.6 is 0 Å². The fraction of sp³-hybridized carbons (Fsp3) is 0.214. The van der Waals surface area contributed by atoms with Gasteiger partial charge in [0.2, 0.25) is 0 Å². The topological polar surface area (TPSA) is 33.1 Å². The Balaban J connectivity index is 2.43. The molecule has 1 aromatic heterocycles. The van der Waals surface area contributed by atoms with Gasteiger partial charge in [0.05, 0.1) is 5.69 Å². The molecule has 0 amide bonds. The molecule has 16 heavy (non-hydrogen) atoms. The predicted molar refractivity (Wildman–Crippen MR) is 64.1 cm³/mol. The second-order valence-electron chi connectivity index (χ2n) is 4.15. The molecule has 0 fully saturated rings. The molecular weight excluding hydrogens is 198 g/mol. The second-order valence-corrected chi connectivity index (χ2v) is 4.15. The highest BCUT2D eigenvalue weighted by Crippen LogP contribution is 2.27. The number of aliphatic hydroxyl groups is 1. The van der Waals surface area contributed by atoms with Crippen LogP contribution in [0.5, 0.6) is 0 Å². The van der Waals surface area contributed by atoms with E-state index in [1.807, 2.05) is 49.4 Å². The van der Waals surface area contributed by atoms with Crippen LogP contribution in [-0.4, -0.2) is 10.1 Å². The summed E-state index contributed by atoms with van der Waals surface area (Å²) in [7, 11) is 0. The molecule has 1 N–H and O–H groups in total. The van der Waals surface area contributed by atoms with Crippen molar-refractivity contribution < 1.29 is 5.11 Å². The molecule has 1 aromatic carbocycles. The average molecular weight is 213 g/mol. The Kier molecular flexibility index (Phi) is 2.75. The number of benzene rings is 1. The maximum atomic E-state index is 10.5. The van der Waals surface area contributed by atoms with Crippen molar-refractivity contribution in [3.8, 4) is 0 Å². The lowest BCUT2D eigenvalue weighted by molar-refractivity contribution is 0.0974. The van der Waals surface area contributed by atoms with E-state index in [-0.39, 0.29) is 0 Å². The molecule has 2 heteroatoms. The van der Waals surface area contributed by atoms with Crippen molar-refractivity contribution in [1.29, 1.82) is 0 Å². The van der Waals surface area contributed by atoms with E-state index in [4.69, 9.17) is 0 Å². The quantitative estimate of drug-likeness (QED) is 0.832. The van der Waals surface area contributed by atoms with Crippen molar-refractivity contribution in [3.05, 3.63) is 65.5 Å². The highest BCUT2D eigenvalue weighted by Gasteiger charge is 2.26. The lowest BCUT2D eigenvalue weighted by atomic mass is 9.91. The minimum Gasteiger partial charge on any atom is -0.379 e. The summed E-state index contributed by atoms with van der Waals surface area (Å²) in [5.74, 6) is 0. The molecule has 1 atom stereocenters. The van der Waals surface area contributed by atoms with E-state index in [0.717, 1.165) is 5.56 Å². The van der Waals surface area contributed by atoms with Crippen molar-refractivity contribution in [2.45, 2.75) is 19.4 Å². The fourth-order valence-corrected chi connectivity index (χ4v) is 1.68.